The van der Waals surface area contributed by atoms with Crippen molar-refractivity contribution in [3.8, 4) is 5.75 Å². The van der Waals surface area contributed by atoms with E-state index >= 15 is 0 Å². The Morgan fingerprint density at radius 3 is 2.71 bits per heavy atom. The molecule has 0 fully saturated rings. The maximum absolute atomic E-state index is 5.47. The molecule has 0 saturated heterocycles. The van der Waals surface area contributed by atoms with Crippen LogP contribution in [0.5, 0.6) is 5.75 Å². The summed E-state index contributed by atoms with van der Waals surface area (Å²) in [6.45, 7) is 9.78. The normalized spacial score (nSPS) is 11.1. The van der Waals surface area contributed by atoms with E-state index in [0.29, 0.717) is 12.6 Å². The second-order valence-corrected chi connectivity index (χ2v) is 5.55. The molecule has 0 aromatic carbocycles. The molecule has 114 valence electrons. The molecular weight excluding hydrogens is 264 g/mol. The quantitative estimate of drug-likeness (QED) is 0.887. The Kier molecular flexibility index (Phi) is 4.96. The van der Waals surface area contributed by atoms with Gasteiger partial charge in [0.15, 0.2) is 0 Å². The Morgan fingerprint density at radius 1 is 1.29 bits per heavy atom. The zero-order valence-electron chi connectivity index (χ0n) is 13.5. The van der Waals surface area contributed by atoms with Crippen molar-refractivity contribution >= 4 is 0 Å². The predicted molar refractivity (Wildman–Crippen MR) is 83.6 cm³/mol. The summed E-state index contributed by atoms with van der Waals surface area (Å²) in [6.07, 6.45) is 5.69. The van der Waals surface area contributed by atoms with Gasteiger partial charge in [0.2, 0.25) is 0 Å². The molecule has 2 heterocycles. The van der Waals surface area contributed by atoms with E-state index in [1.54, 1.807) is 7.11 Å². The molecule has 0 aliphatic rings. The van der Waals surface area contributed by atoms with E-state index in [-0.39, 0.29) is 0 Å². The number of aryl methyl sites for hydroxylation is 1. The SMILES string of the molecule is COc1c(C)cnc(Cn2ccnc2CNC(C)C)c1C. The van der Waals surface area contributed by atoms with Crippen molar-refractivity contribution in [2.75, 3.05) is 7.11 Å². The summed E-state index contributed by atoms with van der Waals surface area (Å²) in [5.74, 6) is 1.94. The average Bonchev–Trinajstić information content (AvgIpc) is 2.87. The summed E-state index contributed by atoms with van der Waals surface area (Å²) in [6, 6.07) is 0.439. The van der Waals surface area contributed by atoms with Crippen LogP contribution in [0.15, 0.2) is 18.6 Å². The Balaban J connectivity index is 2.21. The fourth-order valence-corrected chi connectivity index (χ4v) is 2.34. The van der Waals surface area contributed by atoms with Crippen molar-refractivity contribution in [1.82, 2.24) is 19.9 Å². The lowest BCUT2D eigenvalue weighted by atomic mass is 10.1. The number of methoxy groups -OCH3 is 1. The maximum Gasteiger partial charge on any atom is 0.128 e. The lowest BCUT2D eigenvalue weighted by Crippen LogP contribution is -2.24. The van der Waals surface area contributed by atoms with Crippen molar-refractivity contribution in [3.05, 3.63) is 41.2 Å². The molecule has 2 aromatic heterocycles. The third kappa shape index (κ3) is 3.61. The van der Waals surface area contributed by atoms with E-state index in [0.717, 1.165) is 34.9 Å². The van der Waals surface area contributed by atoms with Crippen molar-refractivity contribution in [2.24, 2.45) is 0 Å². The molecule has 5 heteroatoms. The summed E-state index contributed by atoms with van der Waals surface area (Å²) in [4.78, 5) is 8.96. The standard InChI is InChI=1S/C16H24N4O/c1-11(2)18-9-15-17-6-7-20(15)10-14-13(4)16(21-5)12(3)8-19-14/h6-8,11,18H,9-10H2,1-5H3. The van der Waals surface area contributed by atoms with E-state index in [2.05, 4.69) is 40.6 Å². The van der Waals surface area contributed by atoms with Crippen LogP contribution in [0.4, 0.5) is 0 Å². The van der Waals surface area contributed by atoms with Crippen molar-refractivity contribution in [3.63, 3.8) is 0 Å². The first-order valence-corrected chi connectivity index (χ1v) is 7.25. The highest BCUT2D eigenvalue weighted by Crippen LogP contribution is 2.24. The summed E-state index contributed by atoms with van der Waals surface area (Å²) in [5.41, 5.74) is 3.17. The molecule has 1 N–H and O–H groups in total. The first-order valence-electron chi connectivity index (χ1n) is 7.25. The number of nitrogens with zero attached hydrogens (tertiary/aromatic N) is 3. The van der Waals surface area contributed by atoms with Gasteiger partial charge in [-0.25, -0.2) is 4.98 Å². The monoisotopic (exact) mass is 288 g/mol. The van der Waals surface area contributed by atoms with Crippen LogP contribution in [0.1, 0.15) is 36.5 Å². The molecule has 0 unspecified atom stereocenters. The van der Waals surface area contributed by atoms with Crippen LogP contribution in [0.3, 0.4) is 0 Å². The topological polar surface area (TPSA) is 52.0 Å². The van der Waals surface area contributed by atoms with Crippen LogP contribution >= 0.6 is 0 Å². The minimum atomic E-state index is 0.439. The van der Waals surface area contributed by atoms with Crippen LogP contribution in [0, 0.1) is 13.8 Å². The first kappa shape index (κ1) is 15.5. The van der Waals surface area contributed by atoms with Gasteiger partial charge in [0.05, 0.1) is 25.9 Å². The lowest BCUT2D eigenvalue weighted by molar-refractivity contribution is 0.406. The van der Waals surface area contributed by atoms with Gasteiger partial charge in [0.1, 0.15) is 11.6 Å². The molecule has 0 aliphatic heterocycles. The highest BCUT2D eigenvalue weighted by molar-refractivity contribution is 5.41. The Labute approximate surface area is 126 Å². The van der Waals surface area contributed by atoms with Gasteiger partial charge < -0.3 is 14.6 Å². The van der Waals surface area contributed by atoms with E-state index in [1.165, 1.54) is 0 Å². The number of ether oxygens (including phenoxy) is 1. The fraction of sp³-hybridized carbons (Fsp3) is 0.500. The van der Waals surface area contributed by atoms with Gasteiger partial charge in [0.25, 0.3) is 0 Å². The molecule has 0 aliphatic carbocycles. The molecule has 0 bridgehead atoms. The minimum absolute atomic E-state index is 0.439. The second-order valence-electron chi connectivity index (χ2n) is 5.55. The molecule has 5 nitrogen and oxygen atoms in total. The number of pyridine rings is 1. The van der Waals surface area contributed by atoms with E-state index in [9.17, 15) is 0 Å². The van der Waals surface area contributed by atoms with Gasteiger partial charge in [-0.05, 0) is 13.8 Å². The zero-order valence-corrected chi connectivity index (χ0v) is 13.5. The fourth-order valence-electron chi connectivity index (χ4n) is 2.34. The van der Waals surface area contributed by atoms with Gasteiger partial charge in [-0.1, -0.05) is 13.8 Å². The predicted octanol–water partition coefficient (Wildman–Crippen LogP) is 2.45. The van der Waals surface area contributed by atoms with Crippen LogP contribution in [0.2, 0.25) is 0 Å². The molecule has 0 amide bonds. The molecule has 0 spiro atoms. The number of rotatable bonds is 6. The molecule has 0 atom stereocenters. The number of aromatic nitrogens is 3. The number of imidazole rings is 1. The molecular formula is C16H24N4O. The molecule has 21 heavy (non-hydrogen) atoms. The number of hydrogen-bond donors (Lipinski definition) is 1. The van der Waals surface area contributed by atoms with Crippen LogP contribution in [-0.2, 0) is 13.1 Å². The molecule has 0 saturated carbocycles. The Morgan fingerprint density at radius 2 is 2.05 bits per heavy atom. The number of hydrogen-bond acceptors (Lipinski definition) is 4. The van der Waals surface area contributed by atoms with Crippen LogP contribution in [-0.4, -0.2) is 27.7 Å². The summed E-state index contributed by atoms with van der Waals surface area (Å²) >= 11 is 0. The molecule has 2 rings (SSSR count). The maximum atomic E-state index is 5.47. The van der Waals surface area contributed by atoms with Gasteiger partial charge >= 0.3 is 0 Å². The largest absolute Gasteiger partial charge is 0.496 e. The van der Waals surface area contributed by atoms with Crippen molar-refractivity contribution in [2.45, 2.75) is 46.8 Å². The van der Waals surface area contributed by atoms with Gasteiger partial charge in [-0.3, -0.25) is 4.98 Å². The Bertz CT molecular complexity index is 604. The smallest absolute Gasteiger partial charge is 0.128 e. The van der Waals surface area contributed by atoms with E-state index in [4.69, 9.17) is 4.74 Å². The van der Waals surface area contributed by atoms with E-state index in [1.807, 2.05) is 25.5 Å². The zero-order chi connectivity index (χ0) is 15.4. The van der Waals surface area contributed by atoms with Crippen molar-refractivity contribution < 1.29 is 4.74 Å². The Hall–Kier alpha value is -1.88. The summed E-state index contributed by atoms with van der Waals surface area (Å²) < 4.78 is 7.59. The first-order chi connectivity index (χ1) is 10.0. The lowest BCUT2D eigenvalue weighted by Gasteiger charge is -2.14. The molecule has 2 aromatic rings. The highest BCUT2D eigenvalue weighted by Gasteiger charge is 2.11. The summed E-state index contributed by atoms with van der Waals surface area (Å²) in [7, 11) is 1.70. The van der Waals surface area contributed by atoms with Gasteiger partial charge in [-0.15, -0.1) is 0 Å². The van der Waals surface area contributed by atoms with Gasteiger partial charge in [-0.2, -0.15) is 0 Å². The minimum Gasteiger partial charge on any atom is -0.496 e. The van der Waals surface area contributed by atoms with Gasteiger partial charge in [0, 0.05) is 35.8 Å². The highest BCUT2D eigenvalue weighted by atomic mass is 16.5. The molecule has 0 radical (unpaired) electrons. The third-order valence-electron chi connectivity index (χ3n) is 3.54. The average molecular weight is 288 g/mol. The number of nitrogens with one attached hydrogen (secondary N) is 1. The van der Waals surface area contributed by atoms with Crippen LogP contribution < -0.4 is 10.1 Å². The van der Waals surface area contributed by atoms with Crippen molar-refractivity contribution in [1.29, 1.82) is 0 Å². The third-order valence-corrected chi connectivity index (χ3v) is 3.54. The summed E-state index contributed by atoms with van der Waals surface area (Å²) in [5, 5.41) is 3.39. The second kappa shape index (κ2) is 6.72. The van der Waals surface area contributed by atoms with Crippen LogP contribution in [0.25, 0.3) is 0 Å². The van der Waals surface area contributed by atoms with E-state index < -0.39 is 0 Å².